The first-order chi connectivity index (χ1) is 11.3. The number of halogens is 1. The predicted molar refractivity (Wildman–Crippen MR) is 93.0 cm³/mol. The second kappa shape index (κ2) is 8.94. The van der Waals surface area contributed by atoms with Crippen LogP contribution >= 0.6 is 15.9 Å². The van der Waals surface area contributed by atoms with E-state index in [4.69, 9.17) is 15.2 Å². The minimum atomic E-state index is -1.92. The number of carbonyl (C=O) groups is 3. The molecule has 0 fully saturated rings. The Hall–Kier alpha value is -1.73. The number of ketones is 1. The van der Waals surface area contributed by atoms with E-state index in [-0.39, 0.29) is 30.2 Å². The lowest BCUT2D eigenvalue weighted by molar-refractivity contribution is -0.164. The summed E-state index contributed by atoms with van der Waals surface area (Å²) < 4.78 is 9.83. The van der Waals surface area contributed by atoms with Crippen LogP contribution in [0.1, 0.15) is 36.7 Å². The Kier molecular flexibility index (Phi) is 7.57. The zero-order valence-electron chi connectivity index (χ0n) is 14.0. The van der Waals surface area contributed by atoms with Gasteiger partial charge in [-0.2, -0.15) is 0 Å². The van der Waals surface area contributed by atoms with Crippen LogP contribution in [-0.2, 0) is 25.5 Å². The largest absolute Gasteiger partial charge is 0.464 e. The smallest absolute Gasteiger partial charge is 0.338 e. The van der Waals surface area contributed by atoms with Gasteiger partial charge in [-0.3, -0.25) is 4.79 Å². The van der Waals surface area contributed by atoms with E-state index in [1.807, 2.05) is 0 Å². The lowest BCUT2D eigenvalue weighted by atomic mass is 9.91. The molecule has 1 rings (SSSR count). The summed E-state index contributed by atoms with van der Waals surface area (Å²) in [5, 5.41) is 0. The minimum Gasteiger partial charge on any atom is -0.464 e. The molecule has 1 atom stereocenters. The topological polar surface area (TPSA) is 95.7 Å². The first kappa shape index (κ1) is 20.3. The van der Waals surface area contributed by atoms with Gasteiger partial charge in [0.05, 0.1) is 18.0 Å². The van der Waals surface area contributed by atoms with Crippen LogP contribution in [-0.4, -0.2) is 41.3 Å². The van der Waals surface area contributed by atoms with Crippen molar-refractivity contribution in [2.24, 2.45) is 5.73 Å². The van der Waals surface area contributed by atoms with Gasteiger partial charge in [-0.15, -0.1) is 0 Å². The van der Waals surface area contributed by atoms with Gasteiger partial charge in [-0.1, -0.05) is 40.2 Å². The molecule has 0 spiro atoms. The molecule has 2 N–H and O–H groups in total. The number of nitrogens with two attached hydrogens (primary N) is 1. The molecule has 0 heterocycles. The van der Waals surface area contributed by atoms with Crippen molar-refractivity contribution in [3.8, 4) is 0 Å². The average Bonchev–Trinajstić information content (AvgIpc) is 2.55. The number of Topliss-reactive ketones (excluding diaryl/α,β-unsaturated/α-hetero) is 1. The molecule has 0 radical (unpaired) electrons. The van der Waals surface area contributed by atoms with Crippen molar-refractivity contribution in [1.29, 1.82) is 0 Å². The first-order valence-electron chi connectivity index (χ1n) is 7.66. The van der Waals surface area contributed by atoms with Crippen LogP contribution in [0.15, 0.2) is 24.3 Å². The predicted octanol–water partition coefficient (Wildman–Crippen LogP) is 2.02. The lowest BCUT2D eigenvalue weighted by Crippen LogP contribution is -2.58. The summed E-state index contributed by atoms with van der Waals surface area (Å²) in [4.78, 5) is 35.9. The fraction of sp³-hybridized carbons (Fsp3) is 0.471. The van der Waals surface area contributed by atoms with E-state index in [2.05, 4.69) is 15.9 Å². The number of esters is 2. The van der Waals surface area contributed by atoms with E-state index in [0.29, 0.717) is 11.1 Å². The SMILES string of the molecule is CCOC(=O)C(N)(Cc1ccc(C(=O)C(C)Br)cc1)C(=O)OCC. The second-order valence-corrected chi connectivity index (χ2v) is 6.64. The van der Waals surface area contributed by atoms with Crippen LogP contribution in [0.5, 0.6) is 0 Å². The van der Waals surface area contributed by atoms with E-state index in [1.54, 1.807) is 45.0 Å². The molecule has 6 nitrogen and oxygen atoms in total. The molecule has 7 heteroatoms. The van der Waals surface area contributed by atoms with Gasteiger partial charge >= 0.3 is 11.9 Å². The molecule has 1 aromatic carbocycles. The van der Waals surface area contributed by atoms with Gasteiger partial charge in [0.2, 0.25) is 5.54 Å². The van der Waals surface area contributed by atoms with Gasteiger partial charge < -0.3 is 15.2 Å². The number of alkyl halides is 1. The molecular formula is C17H22BrNO5. The maximum absolute atomic E-state index is 12.1. The van der Waals surface area contributed by atoms with Crippen LogP contribution in [0.4, 0.5) is 0 Å². The van der Waals surface area contributed by atoms with Crippen molar-refractivity contribution in [2.45, 2.75) is 37.6 Å². The van der Waals surface area contributed by atoms with E-state index in [0.717, 1.165) is 0 Å². The summed E-state index contributed by atoms with van der Waals surface area (Å²) in [6, 6.07) is 6.57. The number of ether oxygens (including phenoxy) is 2. The number of rotatable bonds is 8. The maximum atomic E-state index is 12.1. The van der Waals surface area contributed by atoms with Crippen molar-refractivity contribution >= 4 is 33.7 Å². The molecule has 0 aliphatic carbocycles. The molecule has 0 aromatic heterocycles. The van der Waals surface area contributed by atoms with Gasteiger partial charge in [0.1, 0.15) is 0 Å². The minimum absolute atomic E-state index is 0.0589. The van der Waals surface area contributed by atoms with Crippen molar-refractivity contribution in [3.63, 3.8) is 0 Å². The van der Waals surface area contributed by atoms with E-state index >= 15 is 0 Å². The molecule has 132 valence electrons. The Balaban J connectivity index is 3.04. The van der Waals surface area contributed by atoms with Gasteiger partial charge in [-0.25, -0.2) is 9.59 Å². The Morgan fingerprint density at radius 3 is 1.92 bits per heavy atom. The van der Waals surface area contributed by atoms with Crippen LogP contribution in [0, 0.1) is 0 Å². The average molecular weight is 400 g/mol. The van der Waals surface area contributed by atoms with Crippen LogP contribution in [0.2, 0.25) is 0 Å². The second-order valence-electron chi connectivity index (χ2n) is 5.27. The highest BCUT2D eigenvalue weighted by Crippen LogP contribution is 2.18. The maximum Gasteiger partial charge on any atom is 0.338 e. The summed E-state index contributed by atoms with van der Waals surface area (Å²) in [7, 11) is 0. The van der Waals surface area contributed by atoms with Gasteiger partial charge in [0.15, 0.2) is 5.78 Å². The van der Waals surface area contributed by atoms with Crippen molar-refractivity contribution in [1.82, 2.24) is 0 Å². The molecule has 0 bridgehead atoms. The van der Waals surface area contributed by atoms with Gasteiger partial charge in [0, 0.05) is 12.0 Å². The number of carbonyl (C=O) groups excluding carboxylic acids is 3. The summed E-state index contributed by atoms with van der Waals surface area (Å²) in [5.74, 6) is -1.73. The molecule has 0 amide bonds. The normalized spacial score (nSPS) is 12.4. The Morgan fingerprint density at radius 2 is 1.54 bits per heavy atom. The molecule has 0 aliphatic heterocycles. The van der Waals surface area contributed by atoms with E-state index in [1.165, 1.54) is 0 Å². The van der Waals surface area contributed by atoms with Crippen molar-refractivity contribution in [3.05, 3.63) is 35.4 Å². The first-order valence-corrected chi connectivity index (χ1v) is 8.58. The Labute approximate surface area is 149 Å². The quantitative estimate of drug-likeness (QED) is 0.311. The summed E-state index contributed by atoms with van der Waals surface area (Å²) in [6.07, 6.45) is -0.0804. The monoisotopic (exact) mass is 399 g/mol. The van der Waals surface area contributed by atoms with Crippen LogP contribution < -0.4 is 5.73 Å². The number of benzene rings is 1. The highest BCUT2D eigenvalue weighted by molar-refractivity contribution is 9.10. The third kappa shape index (κ3) is 4.88. The summed E-state index contributed by atoms with van der Waals surface area (Å²) in [6.45, 7) is 5.21. The zero-order valence-corrected chi connectivity index (χ0v) is 15.6. The lowest BCUT2D eigenvalue weighted by Gasteiger charge is -2.25. The molecule has 0 aliphatic rings. The highest BCUT2D eigenvalue weighted by atomic mass is 79.9. The van der Waals surface area contributed by atoms with E-state index < -0.39 is 17.5 Å². The molecule has 1 unspecified atom stereocenters. The van der Waals surface area contributed by atoms with E-state index in [9.17, 15) is 14.4 Å². The third-order valence-electron chi connectivity index (χ3n) is 3.36. The van der Waals surface area contributed by atoms with Crippen LogP contribution in [0.3, 0.4) is 0 Å². The fourth-order valence-electron chi connectivity index (χ4n) is 2.09. The van der Waals surface area contributed by atoms with Crippen LogP contribution in [0.25, 0.3) is 0 Å². The Morgan fingerprint density at radius 1 is 1.08 bits per heavy atom. The molecule has 24 heavy (non-hydrogen) atoms. The van der Waals surface area contributed by atoms with Gasteiger partial charge in [0.25, 0.3) is 0 Å². The Bertz CT molecular complexity index is 580. The fourth-order valence-corrected chi connectivity index (χ4v) is 2.35. The van der Waals surface area contributed by atoms with Gasteiger partial charge in [-0.05, 0) is 26.3 Å². The third-order valence-corrected chi connectivity index (χ3v) is 3.78. The molecular weight excluding hydrogens is 378 g/mol. The van der Waals surface area contributed by atoms with Crippen molar-refractivity contribution < 1.29 is 23.9 Å². The number of hydrogen-bond donors (Lipinski definition) is 1. The molecule has 1 aromatic rings. The summed E-state index contributed by atoms with van der Waals surface area (Å²) in [5.41, 5.74) is 5.24. The highest BCUT2D eigenvalue weighted by Gasteiger charge is 2.45. The summed E-state index contributed by atoms with van der Waals surface area (Å²) >= 11 is 3.22. The standard InChI is InChI=1S/C17H22BrNO5/c1-4-23-15(21)17(19,16(22)24-5-2)10-12-6-8-13(9-7-12)14(20)11(3)18/h6-9,11H,4-5,10,19H2,1-3H3. The molecule has 0 saturated carbocycles. The van der Waals surface area contributed by atoms with Crippen molar-refractivity contribution in [2.75, 3.05) is 13.2 Å². The molecule has 0 saturated heterocycles. The zero-order chi connectivity index (χ0) is 18.3. The number of hydrogen-bond acceptors (Lipinski definition) is 6.